The fourth-order valence-corrected chi connectivity index (χ4v) is 5.19. The van der Waals surface area contributed by atoms with Crippen LogP contribution in [0.15, 0.2) is 41.3 Å². The van der Waals surface area contributed by atoms with Gasteiger partial charge in [-0.25, -0.2) is 13.4 Å². The zero-order valence-electron chi connectivity index (χ0n) is 18.0. The van der Waals surface area contributed by atoms with Crippen LogP contribution < -0.4 is 4.90 Å². The van der Waals surface area contributed by atoms with Gasteiger partial charge < -0.3 is 4.90 Å². The lowest BCUT2D eigenvalue weighted by Crippen LogP contribution is -2.37. The highest BCUT2D eigenvalue weighted by Crippen LogP contribution is 2.33. The molecule has 0 saturated carbocycles. The van der Waals surface area contributed by atoms with Crippen LogP contribution in [0.3, 0.4) is 0 Å². The Balaban J connectivity index is 2.00. The van der Waals surface area contributed by atoms with Crippen molar-refractivity contribution >= 4 is 42.4 Å². The van der Waals surface area contributed by atoms with E-state index in [9.17, 15) is 13.2 Å². The zero-order chi connectivity index (χ0) is 22.1. The molecule has 0 saturated heterocycles. The van der Waals surface area contributed by atoms with Gasteiger partial charge in [-0.1, -0.05) is 41.2 Å². The number of nitrogens with zero attached hydrogens (tertiary/aromatic N) is 3. The van der Waals surface area contributed by atoms with Crippen molar-refractivity contribution < 1.29 is 13.2 Å². The SMILES string of the molecule is Cc1ccc(CC(=O)N(CCN(C)C)c2nc3c(S(C)(=O)=O)cccc3s2)c(C)c1. The minimum Gasteiger partial charge on any atom is -0.308 e. The number of fused-ring (bicyclic) bond motifs is 1. The Hall–Kier alpha value is -2.29. The van der Waals surface area contributed by atoms with Gasteiger partial charge in [0.1, 0.15) is 5.52 Å². The Morgan fingerprint density at radius 1 is 1.10 bits per heavy atom. The minimum absolute atomic E-state index is 0.0521. The Kier molecular flexibility index (Phi) is 6.59. The molecule has 0 bridgehead atoms. The molecule has 30 heavy (non-hydrogen) atoms. The Labute approximate surface area is 182 Å². The molecule has 2 aromatic carbocycles. The van der Waals surface area contributed by atoms with Gasteiger partial charge >= 0.3 is 0 Å². The predicted molar refractivity (Wildman–Crippen MR) is 123 cm³/mol. The van der Waals surface area contributed by atoms with Crippen LogP contribution in [0.4, 0.5) is 5.13 Å². The summed E-state index contributed by atoms with van der Waals surface area (Å²) in [7, 11) is 0.489. The first-order valence-corrected chi connectivity index (χ1v) is 12.4. The van der Waals surface area contributed by atoms with E-state index in [1.54, 1.807) is 17.0 Å². The van der Waals surface area contributed by atoms with Gasteiger partial charge in [0.2, 0.25) is 5.91 Å². The fraction of sp³-hybridized carbons (Fsp3) is 0.364. The maximum Gasteiger partial charge on any atom is 0.233 e. The Morgan fingerprint density at radius 2 is 1.83 bits per heavy atom. The summed E-state index contributed by atoms with van der Waals surface area (Å²) >= 11 is 1.34. The topological polar surface area (TPSA) is 70.6 Å². The quantitative estimate of drug-likeness (QED) is 0.557. The molecule has 3 aromatic rings. The molecule has 0 aliphatic heterocycles. The number of para-hydroxylation sites is 1. The van der Waals surface area contributed by atoms with E-state index in [1.165, 1.54) is 17.6 Å². The molecular weight excluding hydrogens is 418 g/mol. The fourth-order valence-electron chi connectivity index (χ4n) is 3.26. The van der Waals surface area contributed by atoms with Gasteiger partial charge in [0, 0.05) is 19.3 Å². The third-order valence-electron chi connectivity index (χ3n) is 4.91. The summed E-state index contributed by atoms with van der Waals surface area (Å²) in [6.45, 7) is 5.19. The van der Waals surface area contributed by atoms with Gasteiger partial charge in [-0.05, 0) is 51.2 Å². The van der Waals surface area contributed by atoms with Gasteiger partial charge in [0.05, 0.1) is 16.0 Å². The lowest BCUT2D eigenvalue weighted by atomic mass is 10.0. The summed E-state index contributed by atoms with van der Waals surface area (Å²) in [5.41, 5.74) is 3.65. The van der Waals surface area contributed by atoms with Gasteiger partial charge in [-0.2, -0.15) is 0 Å². The van der Waals surface area contributed by atoms with Crippen LogP contribution in [0.2, 0.25) is 0 Å². The molecule has 0 fully saturated rings. The number of anilines is 1. The molecule has 0 spiro atoms. The highest BCUT2D eigenvalue weighted by molar-refractivity contribution is 7.91. The monoisotopic (exact) mass is 445 g/mol. The smallest absolute Gasteiger partial charge is 0.233 e. The van der Waals surface area contributed by atoms with Crippen molar-refractivity contribution in [1.82, 2.24) is 9.88 Å². The first-order valence-electron chi connectivity index (χ1n) is 9.67. The number of carbonyl (C=O) groups is 1. The van der Waals surface area contributed by atoms with Crippen molar-refractivity contribution in [2.45, 2.75) is 25.2 Å². The van der Waals surface area contributed by atoms with Crippen molar-refractivity contribution in [3.63, 3.8) is 0 Å². The summed E-state index contributed by atoms with van der Waals surface area (Å²) < 4.78 is 25.1. The number of aromatic nitrogens is 1. The number of hydrogen-bond donors (Lipinski definition) is 0. The lowest BCUT2D eigenvalue weighted by molar-refractivity contribution is -0.118. The van der Waals surface area contributed by atoms with E-state index in [2.05, 4.69) is 11.1 Å². The van der Waals surface area contributed by atoms with E-state index in [1.807, 2.05) is 51.0 Å². The van der Waals surface area contributed by atoms with Crippen molar-refractivity contribution in [3.05, 3.63) is 53.1 Å². The minimum atomic E-state index is -3.41. The van der Waals surface area contributed by atoms with Crippen molar-refractivity contribution in [3.8, 4) is 0 Å². The standard InChI is InChI=1S/C22H27N3O3S2/c1-15-9-10-17(16(2)13-15)14-20(26)25(12-11-24(3)4)22-23-21-18(29-22)7-6-8-19(21)30(5,27)28/h6-10,13H,11-12,14H2,1-5H3. The molecule has 0 aliphatic rings. The molecular formula is C22H27N3O3S2. The van der Waals surface area contributed by atoms with Crippen molar-refractivity contribution in [2.75, 3.05) is 38.3 Å². The molecule has 0 radical (unpaired) electrons. The highest BCUT2D eigenvalue weighted by atomic mass is 32.2. The lowest BCUT2D eigenvalue weighted by Gasteiger charge is -2.22. The van der Waals surface area contributed by atoms with Crippen LogP contribution in [0.1, 0.15) is 16.7 Å². The Morgan fingerprint density at radius 3 is 2.47 bits per heavy atom. The first kappa shape index (κ1) is 22.4. The predicted octanol–water partition coefficient (Wildman–Crippen LogP) is 3.45. The van der Waals surface area contributed by atoms with Crippen LogP contribution in [0, 0.1) is 13.8 Å². The zero-order valence-corrected chi connectivity index (χ0v) is 19.6. The summed E-state index contributed by atoms with van der Waals surface area (Å²) in [6.07, 6.45) is 1.45. The second kappa shape index (κ2) is 8.83. The van der Waals surface area contributed by atoms with Gasteiger partial charge in [0.25, 0.3) is 0 Å². The van der Waals surface area contributed by atoms with Gasteiger partial charge in [0.15, 0.2) is 15.0 Å². The molecule has 3 rings (SSSR count). The second-order valence-electron chi connectivity index (χ2n) is 7.83. The van der Waals surface area contributed by atoms with Crippen LogP contribution in [0.5, 0.6) is 0 Å². The average Bonchev–Trinajstić information content (AvgIpc) is 3.06. The maximum atomic E-state index is 13.3. The van der Waals surface area contributed by atoms with Crippen LogP contribution >= 0.6 is 11.3 Å². The maximum absolute atomic E-state index is 13.3. The largest absolute Gasteiger partial charge is 0.308 e. The second-order valence-corrected chi connectivity index (χ2v) is 10.8. The van der Waals surface area contributed by atoms with Crippen LogP contribution in [0.25, 0.3) is 10.2 Å². The normalized spacial score (nSPS) is 11.9. The molecule has 160 valence electrons. The van der Waals surface area contributed by atoms with E-state index >= 15 is 0 Å². The molecule has 1 amide bonds. The molecule has 8 heteroatoms. The third-order valence-corrected chi connectivity index (χ3v) is 7.08. The summed E-state index contributed by atoms with van der Waals surface area (Å²) in [5, 5.41) is 0.526. The van der Waals surface area contributed by atoms with E-state index in [0.717, 1.165) is 21.4 Å². The van der Waals surface area contributed by atoms with E-state index in [0.29, 0.717) is 23.7 Å². The number of thiazole rings is 1. The molecule has 1 heterocycles. The number of hydrogen-bond acceptors (Lipinski definition) is 6. The highest BCUT2D eigenvalue weighted by Gasteiger charge is 2.23. The van der Waals surface area contributed by atoms with Crippen LogP contribution in [-0.4, -0.2) is 57.6 Å². The van der Waals surface area contributed by atoms with E-state index in [-0.39, 0.29) is 17.2 Å². The molecule has 1 aromatic heterocycles. The molecule has 6 nitrogen and oxygen atoms in total. The van der Waals surface area contributed by atoms with Crippen LogP contribution in [-0.2, 0) is 21.1 Å². The number of benzene rings is 2. The first-order chi connectivity index (χ1) is 14.1. The van der Waals surface area contributed by atoms with Gasteiger partial charge in [-0.15, -0.1) is 0 Å². The number of sulfone groups is 1. The molecule has 0 N–H and O–H groups in total. The van der Waals surface area contributed by atoms with E-state index < -0.39 is 9.84 Å². The summed E-state index contributed by atoms with van der Waals surface area (Å²) in [5.74, 6) is -0.0521. The molecule has 0 atom stereocenters. The number of amides is 1. The average molecular weight is 446 g/mol. The summed E-state index contributed by atoms with van der Waals surface area (Å²) in [4.78, 5) is 21.7. The van der Waals surface area contributed by atoms with Crippen molar-refractivity contribution in [1.29, 1.82) is 0 Å². The molecule has 0 unspecified atom stereocenters. The summed E-state index contributed by atoms with van der Waals surface area (Å²) in [6, 6.07) is 11.2. The Bertz CT molecular complexity index is 1180. The van der Waals surface area contributed by atoms with Gasteiger partial charge in [-0.3, -0.25) is 9.69 Å². The molecule has 0 aliphatic carbocycles. The number of rotatable bonds is 7. The number of carbonyl (C=O) groups excluding carboxylic acids is 1. The third kappa shape index (κ3) is 5.06. The number of aryl methyl sites for hydroxylation is 2. The van der Waals surface area contributed by atoms with E-state index in [4.69, 9.17) is 0 Å². The number of likely N-dealkylation sites (N-methyl/N-ethyl adjacent to an activating group) is 1. The van der Waals surface area contributed by atoms with Crippen molar-refractivity contribution in [2.24, 2.45) is 0 Å².